The number of nitrogens with one attached hydrogen (secondary N) is 1. The van der Waals surface area contributed by atoms with E-state index in [9.17, 15) is 4.79 Å². The number of likely N-dealkylation sites (tertiary alicyclic amines) is 1. The predicted octanol–water partition coefficient (Wildman–Crippen LogP) is 0.683. The minimum absolute atomic E-state index is 0.311. The second kappa shape index (κ2) is 5.57. The Morgan fingerprint density at radius 1 is 1.06 bits per heavy atom. The molecule has 4 rings (SSSR count). The summed E-state index contributed by atoms with van der Waals surface area (Å²) < 4.78 is 0. The first-order valence-corrected chi connectivity index (χ1v) is 7.56. The molecule has 102 valence electrons. The van der Waals surface area contributed by atoms with Gasteiger partial charge in [-0.05, 0) is 51.1 Å². The van der Waals surface area contributed by atoms with Crippen molar-refractivity contribution in [3.8, 4) is 0 Å². The summed E-state index contributed by atoms with van der Waals surface area (Å²) in [6.07, 6.45) is 6.29. The molecule has 0 spiro atoms. The lowest BCUT2D eigenvalue weighted by Gasteiger charge is -2.45. The van der Waals surface area contributed by atoms with Crippen molar-refractivity contribution < 1.29 is 4.79 Å². The first kappa shape index (κ1) is 12.4. The van der Waals surface area contributed by atoms with Gasteiger partial charge in [0.25, 0.3) is 0 Å². The fraction of sp³-hybridized carbons (Fsp3) is 0.929. The average molecular weight is 251 g/mol. The molecular weight excluding hydrogens is 226 g/mol. The van der Waals surface area contributed by atoms with Crippen LogP contribution in [0.2, 0.25) is 0 Å². The molecule has 4 aliphatic rings. The van der Waals surface area contributed by atoms with Crippen molar-refractivity contribution in [2.75, 3.05) is 39.3 Å². The number of amides is 1. The van der Waals surface area contributed by atoms with Gasteiger partial charge in [-0.3, -0.25) is 4.79 Å². The molecule has 4 heterocycles. The van der Waals surface area contributed by atoms with Crippen LogP contribution in [0.4, 0.5) is 0 Å². The van der Waals surface area contributed by atoms with Crippen molar-refractivity contribution in [3.05, 3.63) is 0 Å². The maximum atomic E-state index is 12.1. The van der Waals surface area contributed by atoms with Crippen molar-refractivity contribution in [2.45, 2.75) is 38.1 Å². The van der Waals surface area contributed by atoms with E-state index in [-0.39, 0.29) is 0 Å². The van der Waals surface area contributed by atoms with Crippen LogP contribution in [0.5, 0.6) is 0 Å². The number of fused-ring (bicyclic) bond motifs is 3. The maximum absolute atomic E-state index is 12.1. The normalized spacial score (nSPS) is 35.8. The number of carbonyl (C=O) groups is 1. The third-order valence-electron chi connectivity index (χ3n) is 4.88. The average Bonchev–Trinajstić information content (AvgIpc) is 2.47. The first-order chi connectivity index (χ1) is 8.83. The number of rotatable bonds is 3. The lowest BCUT2D eigenvalue weighted by molar-refractivity contribution is -0.131. The van der Waals surface area contributed by atoms with Crippen LogP contribution in [0.15, 0.2) is 0 Å². The Labute approximate surface area is 110 Å². The maximum Gasteiger partial charge on any atom is 0.236 e. The molecule has 0 radical (unpaired) electrons. The fourth-order valence-electron chi connectivity index (χ4n) is 3.67. The molecule has 0 aliphatic carbocycles. The molecule has 4 saturated heterocycles. The molecule has 1 atom stereocenters. The van der Waals surface area contributed by atoms with Crippen molar-refractivity contribution in [3.63, 3.8) is 0 Å². The van der Waals surface area contributed by atoms with E-state index in [0.29, 0.717) is 18.5 Å². The van der Waals surface area contributed by atoms with Gasteiger partial charge in [-0.15, -0.1) is 0 Å². The van der Waals surface area contributed by atoms with Gasteiger partial charge >= 0.3 is 0 Å². The summed E-state index contributed by atoms with van der Waals surface area (Å²) in [5, 5.41) is 3.52. The molecule has 0 aromatic heterocycles. The smallest absolute Gasteiger partial charge is 0.236 e. The SMILES string of the molecule is O=C(CNC1CN2CCC1CC2)N1CCCCC1. The molecule has 2 bridgehead atoms. The summed E-state index contributed by atoms with van der Waals surface area (Å²) in [4.78, 5) is 16.7. The number of hydrogen-bond donors (Lipinski definition) is 1. The second-order valence-corrected chi connectivity index (χ2v) is 6.07. The molecule has 4 fully saturated rings. The number of carbonyl (C=O) groups excluding carboxylic acids is 1. The predicted molar refractivity (Wildman–Crippen MR) is 71.4 cm³/mol. The molecule has 1 N–H and O–H groups in total. The summed E-state index contributed by atoms with van der Waals surface area (Å²) in [7, 11) is 0. The van der Waals surface area contributed by atoms with Gasteiger partial charge in [0.2, 0.25) is 5.91 Å². The topological polar surface area (TPSA) is 35.6 Å². The molecule has 1 unspecified atom stereocenters. The Hall–Kier alpha value is -0.610. The van der Waals surface area contributed by atoms with Gasteiger partial charge in [-0.2, -0.15) is 0 Å². The number of piperidine rings is 4. The number of nitrogens with zero attached hydrogens (tertiary/aromatic N) is 2. The monoisotopic (exact) mass is 251 g/mol. The van der Waals surface area contributed by atoms with Gasteiger partial charge in [0, 0.05) is 25.7 Å². The number of hydrogen-bond acceptors (Lipinski definition) is 3. The van der Waals surface area contributed by atoms with Crippen LogP contribution in [0.25, 0.3) is 0 Å². The summed E-state index contributed by atoms with van der Waals surface area (Å²) in [6, 6.07) is 0.557. The van der Waals surface area contributed by atoms with Gasteiger partial charge in [0.15, 0.2) is 0 Å². The highest BCUT2D eigenvalue weighted by Crippen LogP contribution is 2.27. The van der Waals surface area contributed by atoms with E-state index in [1.807, 2.05) is 4.90 Å². The zero-order valence-electron chi connectivity index (χ0n) is 11.2. The third-order valence-corrected chi connectivity index (χ3v) is 4.88. The van der Waals surface area contributed by atoms with Gasteiger partial charge < -0.3 is 15.1 Å². The molecule has 1 amide bonds. The van der Waals surface area contributed by atoms with Crippen LogP contribution in [0.3, 0.4) is 0 Å². The van der Waals surface area contributed by atoms with E-state index in [1.54, 1.807) is 0 Å². The van der Waals surface area contributed by atoms with Crippen LogP contribution in [0.1, 0.15) is 32.1 Å². The van der Waals surface area contributed by atoms with Crippen molar-refractivity contribution in [1.82, 2.24) is 15.1 Å². The third kappa shape index (κ3) is 2.69. The molecule has 0 saturated carbocycles. The molecule has 4 nitrogen and oxygen atoms in total. The highest BCUT2D eigenvalue weighted by molar-refractivity contribution is 5.78. The molecular formula is C14H25N3O. The first-order valence-electron chi connectivity index (χ1n) is 7.56. The Kier molecular flexibility index (Phi) is 3.85. The molecule has 4 heteroatoms. The van der Waals surface area contributed by atoms with Crippen LogP contribution in [-0.4, -0.2) is 61.0 Å². The molecule has 0 aromatic rings. The zero-order valence-corrected chi connectivity index (χ0v) is 11.2. The van der Waals surface area contributed by atoms with E-state index in [1.165, 1.54) is 45.2 Å². The van der Waals surface area contributed by atoms with Crippen molar-refractivity contribution >= 4 is 5.91 Å². The largest absolute Gasteiger partial charge is 0.342 e. The summed E-state index contributed by atoms with van der Waals surface area (Å²) in [5.74, 6) is 1.12. The second-order valence-electron chi connectivity index (χ2n) is 6.07. The quantitative estimate of drug-likeness (QED) is 0.801. The Morgan fingerprint density at radius 2 is 1.78 bits per heavy atom. The van der Waals surface area contributed by atoms with Crippen molar-refractivity contribution in [1.29, 1.82) is 0 Å². The van der Waals surface area contributed by atoms with E-state index < -0.39 is 0 Å². The Balaban J connectivity index is 1.44. The highest BCUT2D eigenvalue weighted by Gasteiger charge is 2.34. The van der Waals surface area contributed by atoms with E-state index >= 15 is 0 Å². The van der Waals surface area contributed by atoms with E-state index in [0.717, 1.165) is 25.6 Å². The lowest BCUT2D eigenvalue weighted by atomic mass is 9.84. The zero-order chi connectivity index (χ0) is 12.4. The standard InChI is InChI=1S/C14H25N3O/c18-14(17-6-2-1-3-7-17)10-15-13-11-16-8-4-12(13)5-9-16/h12-13,15H,1-11H2. The van der Waals surface area contributed by atoms with E-state index in [2.05, 4.69) is 10.2 Å². The Bertz CT molecular complexity index is 293. The van der Waals surface area contributed by atoms with Gasteiger partial charge in [-0.25, -0.2) is 0 Å². The van der Waals surface area contributed by atoms with E-state index in [4.69, 9.17) is 0 Å². The Morgan fingerprint density at radius 3 is 2.39 bits per heavy atom. The van der Waals surface area contributed by atoms with Crippen LogP contribution >= 0.6 is 0 Å². The van der Waals surface area contributed by atoms with Gasteiger partial charge in [0.1, 0.15) is 0 Å². The molecule has 0 aromatic carbocycles. The lowest BCUT2D eigenvalue weighted by Crippen LogP contribution is -2.57. The van der Waals surface area contributed by atoms with Gasteiger partial charge in [0.05, 0.1) is 6.54 Å². The highest BCUT2D eigenvalue weighted by atomic mass is 16.2. The van der Waals surface area contributed by atoms with Crippen molar-refractivity contribution in [2.24, 2.45) is 5.92 Å². The summed E-state index contributed by atoms with van der Waals surface area (Å²) in [5.41, 5.74) is 0. The fourth-order valence-corrected chi connectivity index (χ4v) is 3.67. The minimum Gasteiger partial charge on any atom is -0.342 e. The molecule has 18 heavy (non-hydrogen) atoms. The van der Waals surface area contributed by atoms with Crippen LogP contribution in [-0.2, 0) is 4.79 Å². The summed E-state index contributed by atoms with van der Waals surface area (Å²) >= 11 is 0. The van der Waals surface area contributed by atoms with Crippen LogP contribution < -0.4 is 5.32 Å². The van der Waals surface area contributed by atoms with Gasteiger partial charge in [-0.1, -0.05) is 0 Å². The minimum atomic E-state index is 0.311. The van der Waals surface area contributed by atoms with Crippen LogP contribution in [0, 0.1) is 5.92 Å². The summed E-state index contributed by atoms with van der Waals surface area (Å²) in [6.45, 7) is 6.18. The molecule has 4 aliphatic heterocycles.